The molecule has 1 aliphatic rings. The lowest BCUT2D eigenvalue weighted by molar-refractivity contribution is -0.143. The number of rotatable bonds is 4. The van der Waals surface area contributed by atoms with E-state index in [0.717, 1.165) is 25.9 Å². The summed E-state index contributed by atoms with van der Waals surface area (Å²) in [5.41, 5.74) is 0. The predicted octanol–water partition coefficient (Wildman–Crippen LogP) is 1.82. The molecule has 1 saturated heterocycles. The minimum Gasteiger partial charge on any atom is -0.306 e. The van der Waals surface area contributed by atoms with Crippen LogP contribution in [0.3, 0.4) is 0 Å². The van der Waals surface area contributed by atoms with Crippen LogP contribution in [0.5, 0.6) is 0 Å². The summed E-state index contributed by atoms with van der Waals surface area (Å²) in [5.74, 6) is 0.575. The van der Waals surface area contributed by atoms with E-state index in [9.17, 15) is 13.2 Å². The molecule has 1 rings (SSSR count). The number of nitrogens with zero attached hydrogens (tertiary/aromatic N) is 2. The van der Waals surface area contributed by atoms with Crippen LogP contribution in [0, 0.1) is 5.92 Å². The van der Waals surface area contributed by atoms with E-state index in [-0.39, 0.29) is 0 Å². The van der Waals surface area contributed by atoms with Crippen LogP contribution in [0.1, 0.15) is 12.8 Å². The Bertz CT molecular complexity index is 194. The Morgan fingerprint density at radius 2 is 2.07 bits per heavy atom. The Balaban J connectivity index is 2.14. The fourth-order valence-electron chi connectivity index (χ4n) is 2.05. The summed E-state index contributed by atoms with van der Waals surface area (Å²) >= 11 is 0. The highest BCUT2D eigenvalue weighted by Crippen LogP contribution is 2.20. The number of likely N-dealkylation sites (tertiary alicyclic amines) is 1. The largest absolute Gasteiger partial charge is 0.401 e. The first-order chi connectivity index (χ1) is 6.87. The van der Waals surface area contributed by atoms with Gasteiger partial charge in [-0.15, -0.1) is 0 Å². The zero-order chi connectivity index (χ0) is 11.5. The molecule has 1 fully saturated rings. The maximum atomic E-state index is 12.0. The topological polar surface area (TPSA) is 6.48 Å². The summed E-state index contributed by atoms with van der Waals surface area (Å²) in [7, 11) is 3.59. The van der Waals surface area contributed by atoms with Crippen molar-refractivity contribution >= 4 is 0 Å². The van der Waals surface area contributed by atoms with Gasteiger partial charge in [0.2, 0.25) is 0 Å². The lowest BCUT2D eigenvalue weighted by Crippen LogP contribution is -2.32. The van der Waals surface area contributed by atoms with Crippen molar-refractivity contribution in [2.24, 2.45) is 5.92 Å². The van der Waals surface area contributed by atoms with Gasteiger partial charge in [-0.25, -0.2) is 0 Å². The Kier molecular flexibility index (Phi) is 4.40. The lowest BCUT2D eigenvalue weighted by atomic mass is 10.1. The van der Waals surface area contributed by atoms with E-state index in [1.165, 1.54) is 11.9 Å². The molecule has 0 aromatic heterocycles. The van der Waals surface area contributed by atoms with Crippen LogP contribution in [0.25, 0.3) is 0 Å². The second-order valence-corrected chi connectivity index (χ2v) is 4.56. The maximum absolute atomic E-state index is 12.0. The van der Waals surface area contributed by atoms with Gasteiger partial charge in [-0.3, -0.25) is 4.90 Å². The van der Waals surface area contributed by atoms with E-state index < -0.39 is 12.7 Å². The van der Waals surface area contributed by atoms with Crippen LogP contribution < -0.4 is 0 Å². The molecule has 0 saturated carbocycles. The highest BCUT2D eigenvalue weighted by Gasteiger charge is 2.29. The van der Waals surface area contributed by atoms with Crippen molar-refractivity contribution in [1.82, 2.24) is 9.80 Å². The number of hydrogen-bond donors (Lipinski definition) is 0. The molecule has 0 spiro atoms. The van der Waals surface area contributed by atoms with Gasteiger partial charge in [0.1, 0.15) is 0 Å². The molecule has 0 N–H and O–H groups in total. The monoisotopic (exact) mass is 224 g/mol. The van der Waals surface area contributed by atoms with E-state index in [1.54, 1.807) is 0 Å². The fraction of sp³-hybridized carbons (Fsp3) is 1.00. The minimum absolute atomic E-state index is 0.540. The molecule has 1 atom stereocenters. The van der Waals surface area contributed by atoms with E-state index in [2.05, 4.69) is 11.9 Å². The van der Waals surface area contributed by atoms with Crippen LogP contribution in [-0.2, 0) is 0 Å². The van der Waals surface area contributed by atoms with Crippen LogP contribution in [-0.4, -0.2) is 56.3 Å². The molecule has 1 heterocycles. The van der Waals surface area contributed by atoms with Crippen LogP contribution in [0.4, 0.5) is 13.2 Å². The molecule has 0 bridgehead atoms. The Hall–Kier alpha value is -0.290. The first-order valence-corrected chi connectivity index (χ1v) is 5.30. The molecular weight excluding hydrogens is 205 g/mol. The van der Waals surface area contributed by atoms with Crippen molar-refractivity contribution in [3.05, 3.63) is 0 Å². The lowest BCUT2D eigenvalue weighted by Gasteiger charge is -2.20. The second kappa shape index (κ2) is 5.16. The third-order valence-electron chi connectivity index (χ3n) is 2.86. The van der Waals surface area contributed by atoms with Gasteiger partial charge in [0.05, 0.1) is 6.54 Å². The molecule has 2 nitrogen and oxygen atoms in total. The second-order valence-electron chi connectivity index (χ2n) is 4.56. The summed E-state index contributed by atoms with van der Waals surface area (Å²) < 4.78 is 36.1. The van der Waals surface area contributed by atoms with Crippen molar-refractivity contribution in [3.63, 3.8) is 0 Å². The summed E-state index contributed by atoms with van der Waals surface area (Å²) in [6.45, 7) is 1.85. The highest BCUT2D eigenvalue weighted by atomic mass is 19.4. The number of halogens is 3. The first-order valence-electron chi connectivity index (χ1n) is 5.30. The van der Waals surface area contributed by atoms with Gasteiger partial charge in [-0.2, -0.15) is 13.2 Å². The average Bonchev–Trinajstić information content (AvgIpc) is 2.45. The average molecular weight is 224 g/mol. The van der Waals surface area contributed by atoms with Gasteiger partial charge in [0, 0.05) is 6.54 Å². The minimum atomic E-state index is -4.07. The van der Waals surface area contributed by atoms with Gasteiger partial charge in [-0.1, -0.05) is 0 Å². The van der Waals surface area contributed by atoms with E-state index in [0.29, 0.717) is 12.5 Å². The van der Waals surface area contributed by atoms with Crippen LogP contribution in [0.15, 0.2) is 0 Å². The molecular formula is C10H19F3N2. The molecule has 15 heavy (non-hydrogen) atoms. The zero-order valence-corrected chi connectivity index (χ0v) is 9.35. The normalized spacial score (nSPS) is 24.0. The first kappa shape index (κ1) is 12.8. The van der Waals surface area contributed by atoms with Crippen LogP contribution >= 0.6 is 0 Å². The third-order valence-corrected chi connectivity index (χ3v) is 2.86. The predicted molar refractivity (Wildman–Crippen MR) is 53.8 cm³/mol. The maximum Gasteiger partial charge on any atom is 0.401 e. The van der Waals surface area contributed by atoms with Crippen molar-refractivity contribution < 1.29 is 13.2 Å². The Labute approximate surface area is 89.0 Å². The van der Waals surface area contributed by atoms with Crippen molar-refractivity contribution in [2.45, 2.75) is 19.0 Å². The standard InChI is InChI=1S/C10H19F3N2/c1-14-5-3-9(7-14)4-6-15(2)8-10(11,12)13/h9H,3-8H2,1-2H3. The molecule has 0 aromatic rings. The zero-order valence-electron chi connectivity index (χ0n) is 9.35. The molecule has 90 valence electrons. The molecule has 1 unspecified atom stereocenters. The summed E-state index contributed by atoms with van der Waals surface area (Å²) in [6.07, 6.45) is -2.07. The fourth-order valence-corrected chi connectivity index (χ4v) is 2.05. The molecule has 0 aromatic carbocycles. The smallest absolute Gasteiger partial charge is 0.306 e. The molecule has 0 radical (unpaired) electrons. The molecule has 0 aliphatic carbocycles. The number of hydrogen-bond acceptors (Lipinski definition) is 2. The number of alkyl halides is 3. The van der Waals surface area contributed by atoms with E-state index >= 15 is 0 Å². The van der Waals surface area contributed by atoms with E-state index in [4.69, 9.17) is 0 Å². The van der Waals surface area contributed by atoms with Crippen molar-refractivity contribution in [2.75, 3.05) is 40.3 Å². The summed E-state index contributed by atoms with van der Waals surface area (Å²) in [4.78, 5) is 3.59. The van der Waals surface area contributed by atoms with Gasteiger partial charge in [0.25, 0.3) is 0 Å². The summed E-state index contributed by atoms with van der Waals surface area (Å²) in [6, 6.07) is 0. The Morgan fingerprint density at radius 3 is 2.53 bits per heavy atom. The van der Waals surface area contributed by atoms with Gasteiger partial charge in [-0.05, 0) is 45.9 Å². The van der Waals surface area contributed by atoms with Crippen LogP contribution in [0.2, 0.25) is 0 Å². The quantitative estimate of drug-likeness (QED) is 0.718. The SMILES string of the molecule is CN1CCC(CCN(C)CC(F)(F)F)C1. The molecule has 1 aliphatic heterocycles. The van der Waals surface area contributed by atoms with Gasteiger partial charge >= 0.3 is 6.18 Å². The van der Waals surface area contributed by atoms with E-state index in [1.807, 2.05) is 0 Å². The van der Waals surface area contributed by atoms with Crippen molar-refractivity contribution in [1.29, 1.82) is 0 Å². The van der Waals surface area contributed by atoms with Crippen molar-refractivity contribution in [3.8, 4) is 0 Å². The third kappa shape index (κ3) is 5.37. The summed E-state index contributed by atoms with van der Waals surface area (Å²) in [5, 5.41) is 0. The van der Waals surface area contributed by atoms with Gasteiger partial charge < -0.3 is 4.90 Å². The highest BCUT2D eigenvalue weighted by molar-refractivity contribution is 4.74. The molecule has 0 amide bonds. The molecule has 5 heteroatoms. The Morgan fingerprint density at radius 1 is 1.40 bits per heavy atom. The van der Waals surface area contributed by atoms with Gasteiger partial charge in [0.15, 0.2) is 0 Å².